The standard InChI is InChI=1S/C13H10N.C9H13.2ClH.Ti/c1-2-6-12-10-13(9-11(12)5-1)14-7-3-4-8-14;1-2-3-6-9-7-4-5-8-9;;;/h1-10H;4,7H,2-3,5-6H2,1H3;2*1H;/q;;;;+2/p-2. The van der Waals surface area contributed by atoms with Crippen molar-refractivity contribution in [2.24, 2.45) is 0 Å². The summed E-state index contributed by atoms with van der Waals surface area (Å²) in [5, 5.41) is 0. The Balaban J connectivity index is 0.00000121. The molecule has 2 aliphatic carbocycles. The molecule has 2 aliphatic rings. The third-order valence-electron chi connectivity index (χ3n) is 4.96. The van der Waals surface area contributed by atoms with Gasteiger partial charge in [0, 0.05) is 0 Å². The van der Waals surface area contributed by atoms with Crippen LogP contribution in [-0.2, 0) is 19.2 Å². The van der Waals surface area contributed by atoms with Crippen LogP contribution in [0.25, 0.3) is 11.8 Å². The average Bonchev–Trinajstić information content (AvgIpc) is 3.34. The van der Waals surface area contributed by atoms with Crippen molar-refractivity contribution in [2.45, 2.75) is 36.8 Å². The van der Waals surface area contributed by atoms with Crippen LogP contribution >= 0.6 is 0 Å². The molecule has 4 heteroatoms. The summed E-state index contributed by atoms with van der Waals surface area (Å²) >= 11 is -0.211. The molecule has 134 valence electrons. The topological polar surface area (TPSA) is 4.93 Å². The largest absolute Gasteiger partial charge is 1.00 e. The third-order valence-corrected chi connectivity index (χ3v) is 7.72. The van der Waals surface area contributed by atoms with Gasteiger partial charge in [-0.3, -0.25) is 0 Å². The van der Waals surface area contributed by atoms with Crippen LogP contribution in [0.3, 0.4) is 0 Å². The summed E-state index contributed by atoms with van der Waals surface area (Å²) in [5.74, 6) is 0. The third kappa shape index (κ3) is 4.29. The molecule has 1 nitrogen and oxygen atoms in total. The van der Waals surface area contributed by atoms with Gasteiger partial charge in [-0.1, -0.05) is 0 Å². The number of rotatable bonds is 6. The van der Waals surface area contributed by atoms with Gasteiger partial charge in [0.1, 0.15) is 0 Å². The van der Waals surface area contributed by atoms with E-state index in [-0.39, 0.29) is 44.0 Å². The van der Waals surface area contributed by atoms with E-state index in [2.05, 4.69) is 78.5 Å². The summed E-state index contributed by atoms with van der Waals surface area (Å²) in [6.07, 6.45) is 16.6. The van der Waals surface area contributed by atoms with Crippen LogP contribution in [0.4, 0.5) is 0 Å². The molecule has 26 heavy (non-hydrogen) atoms. The zero-order chi connectivity index (χ0) is 16.4. The molecule has 0 amide bonds. The van der Waals surface area contributed by atoms with E-state index >= 15 is 0 Å². The minimum absolute atomic E-state index is 0. The van der Waals surface area contributed by atoms with E-state index in [9.17, 15) is 0 Å². The second-order valence-corrected chi connectivity index (χ2v) is 8.87. The predicted octanol–water partition coefficient (Wildman–Crippen LogP) is 0.0356. The molecule has 0 aliphatic heterocycles. The molecule has 0 bridgehead atoms. The first kappa shape index (κ1) is 21.3. The Morgan fingerprint density at radius 2 is 1.85 bits per heavy atom. The molecule has 4 rings (SSSR count). The SMILES string of the molecule is CCCCC1=[C]([Ti+2][CH]2C(n3cccc3)=Cc3ccccc32)CC=C1.[Cl-].[Cl-]. The molecule has 1 aromatic heterocycles. The first-order valence-corrected chi connectivity index (χ1v) is 10.6. The fourth-order valence-corrected chi connectivity index (χ4v) is 6.44. The summed E-state index contributed by atoms with van der Waals surface area (Å²) in [7, 11) is 0. The molecule has 0 radical (unpaired) electrons. The van der Waals surface area contributed by atoms with E-state index in [1.54, 1.807) is 9.45 Å². The minimum Gasteiger partial charge on any atom is -1.00 e. The Morgan fingerprint density at radius 1 is 1.08 bits per heavy atom. The van der Waals surface area contributed by atoms with Crippen LogP contribution in [-0.4, -0.2) is 4.57 Å². The van der Waals surface area contributed by atoms with Crippen molar-refractivity contribution in [3.63, 3.8) is 0 Å². The number of allylic oxidation sites excluding steroid dienone is 5. The monoisotopic (exact) mass is 419 g/mol. The van der Waals surface area contributed by atoms with Gasteiger partial charge >= 0.3 is 154 Å². The van der Waals surface area contributed by atoms with Crippen molar-refractivity contribution in [3.05, 3.63) is 81.5 Å². The maximum absolute atomic E-state index is 2.40. The Bertz CT molecular complexity index is 818. The van der Waals surface area contributed by atoms with Crippen molar-refractivity contribution in [1.82, 2.24) is 4.57 Å². The van der Waals surface area contributed by atoms with Crippen molar-refractivity contribution >= 4 is 11.8 Å². The number of halogens is 2. The maximum atomic E-state index is 2.40. The van der Waals surface area contributed by atoms with Crippen LogP contribution in [0.15, 0.2) is 70.4 Å². The summed E-state index contributed by atoms with van der Waals surface area (Å²) in [5.41, 5.74) is 6.07. The van der Waals surface area contributed by atoms with Crippen molar-refractivity contribution < 1.29 is 44.0 Å². The molecule has 0 spiro atoms. The predicted molar refractivity (Wildman–Crippen MR) is 98.1 cm³/mol. The first-order chi connectivity index (χ1) is 11.9. The molecule has 1 atom stereocenters. The smallest absolute Gasteiger partial charge is 1.00 e. The molecule has 1 aromatic carbocycles. The normalized spacial score (nSPS) is 17.3. The Morgan fingerprint density at radius 3 is 2.62 bits per heavy atom. The fourth-order valence-electron chi connectivity index (χ4n) is 3.67. The molecule has 0 fully saturated rings. The van der Waals surface area contributed by atoms with Gasteiger partial charge in [0.2, 0.25) is 0 Å². The van der Waals surface area contributed by atoms with E-state index in [0.717, 1.165) is 0 Å². The Kier molecular flexibility index (Phi) is 8.04. The Hall–Kier alpha value is -0.986. The van der Waals surface area contributed by atoms with Crippen molar-refractivity contribution in [1.29, 1.82) is 0 Å². The van der Waals surface area contributed by atoms with Gasteiger partial charge in [0.15, 0.2) is 0 Å². The van der Waals surface area contributed by atoms with E-state index < -0.39 is 0 Å². The summed E-state index contributed by atoms with van der Waals surface area (Å²) in [6.45, 7) is 2.29. The zero-order valence-corrected chi connectivity index (χ0v) is 18.0. The average molecular weight is 420 g/mol. The van der Waals surface area contributed by atoms with Crippen molar-refractivity contribution in [2.75, 3.05) is 0 Å². The number of aromatic nitrogens is 1. The molecule has 0 saturated carbocycles. The second kappa shape index (κ2) is 9.81. The van der Waals surface area contributed by atoms with Crippen molar-refractivity contribution in [3.8, 4) is 0 Å². The number of hydrogen-bond acceptors (Lipinski definition) is 0. The summed E-state index contributed by atoms with van der Waals surface area (Å²) in [4.78, 5) is 0. The van der Waals surface area contributed by atoms with Crippen LogP contribution in [0.1, 0.15) is 48.0 Å². The number of nitrogens with zero attached hydrogens (tertiary/aromatic N) is 1. The molecule has 1 unspecified atom stereocenters. The summed E-state index contributed by atoms with van der Waals surface area (Å²) < 4.78 is 4.69. The molecular formula is C22H23Cl2NTi. The second-order valence-electron chi connectivity index (χ2n) is 6.58. The number of fused-ring (bicyclic) bond motifs is 1. The minimum atomic E-state index is -0.211. The van der Waals surface area contributed by atoms with Gasteiger partial charge < -0.3 is 24.8 Å². The molecular weight excluding hydrogens is 397 g/mol. The van der Waals surface area contributed by atoms with E-state index in [4.69, 9.17) is 0 Å². The van der Waals surface area contributed by atoms with Crippen LogP contribution in [0.5, 0.6) is 0 Å². The van der Waals surface area contributed by atoms with Gasteiger partial charge in [-0.15, -0.1) is 0 Å². The summed E-state index contributed by atoms with van der Waals surface area (Å²) in [6, 6.07) is 13.2. The number of benzene rings is 1. The molecule has 1 heterocycles. The van der Waals surface area contributed by atoms with Crippen LogP contribution in [0, 0.1) is 0 Å². The van der Waals surface area contributed by atoms with E-state index in [0.29, 0.717) is 4.22 Å². The Labute approximate surface area is 178 Å². The van der Waals surface area contributed by atoms with E-state index in [1.807, 2.05) is 0 Å². The maximum Gasteiger partial charge on any atom is -1.00 e. The quantitative estimate of drug-likeness (QED) is 0.582. The number of unbranched alkanes of at least 4 members (excludes halogenated alkanes) is 1. The zero-order valence-electron chi connectivity index (χ0n) is 15.0. The van der Waals surface area contributed by atoms with Gasteiger partial charge in [-0.05, 0) is 0 Å². The van der Waals surface area contributed by atoms with Gasteiger partial charge in [0.25, 0.3) is 0 Å². The van der Waals surface area contributed by atoms with Gasteiger partial charge in [0.05, 0.1) is 0 Å². The van der Waals surface area contributed by atoms with Gasteiger partial charge in [-0.25, -0.2) is 0 Å². The fraction of sp³-hybridized carbons (Fsp3) is 0.273. The first-order valence-electron chi connectivity index (χ1n) is 8.96. The van der Waals surface area contributed by atoms with Crippen LogP contribution in [0.2, 0.25) is 0 Å². The van der Waals surface area contributed by atoms with Gasteiger partial charge in [-0.2, -0.15) is 0 Å². The molecule has 0 N–H and O–H groups in total. The molecule has 0 saturated heterocycles. The van der Waals surface area contributed by atoms with Crippen LogP contribution < -0.4 is 24.8 Å². The number of hydrogen-bond donors (Lipinski definition) is 0. The van der Waals surface area contributed by atoms with E-state index in [1.165, 1.54) is 42.5 Å². The molecule has 2 aromatic rings.